The highest BCUT2D eigenvalue weighted by Gasteiger charge is 2.11. The molecule has 0 bridgehead atoms. The minimum absolute atomic E-state index is 0.144. The Morgan fingerprint density at radius 2 is 1.75 bits per heavy atom. The summed E-state index contributed by atoms with van der Waals surface area (Å²) in [5.41, 5.74) is 6.07. The Morgan fingerprint density at radius 1 is 1.15 bits per heavy atom. The summed E-state index contributed by atoms with van der Waals surface area (Å²) in [7, 11) is 0. The van der Waals surface area contributed by atoms with E-state index in [1.165, 1.54) is 0 Å². The van der Waals surface area contributed by atoms with Crippen LogP contribution in [-0.4, -0.2) is 56.1 Å². The first-order chi connectivity index (χ1) is 9.66. The lowest BCUT2D eigenvalue weighted by atomic mass is 10.1. The summed E-state index contributed by atoms with van der Waals surface area (Å²) in [6.45, 7) is 4.72. The molecule has 0 spiro atoms. The van der Waals surface area contributed by atoms with Crippen LogP contribution in [0, 0.1) is 0 Å². The molecule has 1 fully saturated rings. The van der Waals surface area contributed by atoms with Gasteiger partial charge in [0.2, 0.25) is 5.91 Å². The highest BCUT2D eigenvalue weighted by Crippen LogP contribution is 2.03. The summed E-state index contributed by atoms with van der Waals surface area (Å²) in [4.78, 5) is 25.1. The van der Waals surface area contributed by atoms with Crippen molar-refractivity contribution in [3.63, 3.8) is 0 Å². The molecule has 0 atom stereocenters. The third kappa shape index (κ3) is 4.04. The Morgan fingerprint density at radius 3 is 2.35 bits per heavy atom. The number of amides is 2. The molecule has 2 amide bonds. The van der Waals surface area contributed by atoms with Crippen molar-refractivity contribution in [3.05, 3.63) is 35.4 Å². The van der Waals surface area contributed by atoms with Gasteiger partial charge in [-0.2, -0.15) is 0 Å². The van der Waals surface area contributed by atoms with Crippen molar-refractivity contribution < 1.29 is 14.3 Å². The maximum Gasteiger partial charge on any atom is 0.251 e. The molecule has 0 saturated carbocycles. The topological polar surface area (TPSA) is 84.7 Å². The van der Waals surface area contributed by atoms with Crippen LogP contribution in [0.2, 0.25) is 0 Å². The number of rotatable bonds is 5. The molecule has 2 rings (SSSR count). The van der Waals surface area contributed by atoms with Gasteiger partial charge >= 0.3 is 0 Å². The highest BCUT2D eigenvalue weighted by atomic mass is 16.5. The van der Waals surface area contributed by atoms with Crippen LogP contribution in [0.3, 0.4) is 0 Å². The van der Waals surface area contributed by atoms with E-state index < -0.39 is 5.91 Å². The molecule has 20 heavy (non-hydrogen) atoms. The lowest BCUT2D eigenvalue weighted by Crippen LogP contribution is -2.41. The van der Waals surface area contributed by atoms with E-state index in [1.54, 1.807) is 24.3 Å². The van der Waals surface area contributed by atoms with Crippen LogP contribution in [0.4, 0.5) is 0 Å². The van der Waals surface area contributed by atoms with Crippen molar-refractivity contribution in [1.29, 1.82) is 0 Å². The van der Waals surface area contributed by atoms with Gasteiger partial charge in [-0.1, -0.05) is 0 Å². The fourth-order valence-corrected chi connectivity index (χ4v) is 2.04. The number of nitrogens with one attached hydrogen (secondary N) is 1. The van der Waals surface area contributed by atoms with Gasteiger partial charge in [-0.3, -0.25) is 14.5 Å². The number of benzene rings is 1. The summed E-state index contributed by atoms with van der Waals surface area (Å²) < 4.78 is 5.26. The fraction of sp³-hybridized carbons (Fsp3) is 0.429. The maximum atomic E-state index is 11.9. The van der Waals surface area contributed by atoms with E-state index in [1.807, 2.05) is 0 Å². The predicted molar refractivity (Wildman–Crippen MR) is 74.6 cm³/mol. The number of carbonyl (C=O) groups is 2. The van der Waals surface area contributed by atoms with Crippen LogP contribution in [0.15, 0.2) is 24.3 Å². The SMILES string of the molecule is NC(=O)c1ccc(C(=O)NCCN2CCOCC2)cc1. The van der Waals surface area contributed by atoms with Gasteiger partial charge in [-0.05, 0) is 24.3 Å². The summed E-state index contributed by atoms with van der Waals surface area (Å²) in [6.07, 6.45) is 0. The van der Waals surface area contributed by atoms with Crippen molar-refractivity contribution in [1.82, 2.24) is 10.2 Å². The van der Waals surface area contributed by atoms with Gasteiger partial charge < -0.3 is 15.8 Å². The van der Waals surface area contributed by atoms with Crippen LogP contribution >= 0.6 is 0 Å². The molecule has 1 aliphatic heterocycles. The molecule has 0 aromatic heterocycles. The molecule has 1 aromatic rings. The first-order valence-corrected chi connectivity index (χ1v) is 6.65. The van der Waals surface area contributed by atoms with Crippen LogP contribution in [0.1, 0.15) is 20.7 Å². The molecule has 0 aliphatic carbocycles. The second-order valence-electron chi connectivity index (χ2n) is 4.65. The van der Waals surface area contributed by atoms with E-state index >= 15 is 0 Å². The molecule has 1 aromatic carbocycles. The van der Waals surface area contributed by atoms with Crippen LogP contribution < -0.4 is 11.1 Å². The number of ether oxygens (including phenoxy) is 1. The zero-order valence-corrected chi connectivity index (χ0v) is 11.3. The number of hydrogen-bond acceptors (Lipinski definition) is 4. The largest absolute Gasteiger partial charge is 0.379 e. The third-order valence-electron chi connectivity index (χ3n) is 3.25. The van der Waals surface area contributed by atoms with E-state index in [2.05, 4.69) is 10.2 Å². The number of primary amides is 1. The lowest BCUT2D eigenvalue weighted by molar-refractivity contribution is 0.0383. The van der Waals surface area contributed by atoms with Crippen LogP contribution in [0.25, 0.3) is 0 Å². The molecule has 0 unspecified atom stereocenters. The first-order valence-electron chi connectivity index (χ1n) is 6.65. The Bertz CT molecular complexity index is 467. The van der Waals surface area contributed by atoms with Crippen molar-refractivity contribution in [2.45, 2.75) is 0 Å². The normalized spacial score (nSPS) is 15.8. The average Bonchev–Trinajstić information content (AvgIpc) is 2.48. The van der Waals surface area contributed by atoms with Crippen molar-refractivity contribution in [3.8, 4) is 0 Å². The smallest absolute Gasteiger partial charge is 0.251 e. The minimum Gasteiger partial charge on any atom is -0.379 e. The Balaban J connectivity index is 1.77. The van der Waals surface area contributed by atoms with Gasteiger partial charge in [0, 0.05) is 37.3 Å². The summed E-state index contributed by atoms with van der Waals surface area (Å²) in [5, 5.41) is 2.86. The molecule has 6 nitrogen and oxygen atoms in total. The molecule has 1 heterocycles. The highest BCUT2D eigenvalue weighted by molar-refractivity contribution is 5.97. The Kier molecular flexibility index (Phi) is 5.09. The first kappa shape index (κ1) is 14.5. The number of nitrogens with zero attached hydrogens (tertiary/aromatic N) is 1. The zero-order chi connectivity index (χ0) is 14.4. The number of nitrogens with two attached hydrogens (primary N) is 1. The molecular weight excluding hydrogens is 258 g/mol. The van der Waals surface area contributed by atoms with E-state index in [9.17, 15) is 9.59 Å². The molecule has 108 valence electrons. The van der Waals surface area contributed by atoms with E-state index in [-0.39, 0.29) is 5.91 Å². The number of hydrogen-bond donors (Lipinski definition) is 2. The van der Waals surface area contributed by atoms with Gasteiger partial charge in [-0.15, -0.1) is 0 Å². The maximum absolute atomic E-state index is 11.9. The summed E-state index contributed by atoms with van der Waals surface area (Å²) in [6, 6.07) is 6.31. The molecule has 0 radical (unpaired) electrons. The van der Waals surface area contributed by atoms with Gasteiger partial charge in [0.05, 0.1) is 13.2 Å². The number of morpholine rings is 1. The summed E-state index contributed by atoms with van der Waals surface area (Å²) in [5.74, 6) is -0.640. The molecular formula is C14H19N3O3. The van der Waals surface area contributed by atoms with Crippen molar-refractivity contribution >= 4 is 11.8 Å². The summed E-state index contributed by atoms with van der Waals surface area (Å²) >= 11 is 0. The average molecular weight is 277 g/mol. The molecule has 1 aliphatic rings. The fourth-order valence-electron chi connectivity index (χ4n) is 2.04. The van der Waals surface area contributed by atoms with Gasteiger partial charge in [-0.25, -0.2) is 0 Å². The van der Waals surface area contributed by atoms with Gasteiger partial charge in [0.25, 0.3) is 5.91 Å². The van der Waals surface area contributed by atoms with E-state index in [0.29, 0.717) is 17.7 Å². The van der Waals surface area contributed by atoms with Crippen molar-refractivity contribution in [2.75, 3.05) is 39.4 Å². The van der Waals surface area contributed by atoms with Gasteiger partial charge in [0.1, 0.15) is 0 Å². The third-order valence-corrected chi connectivity index (χ3v) is 3.25. The van der Waals surface area contributed by atoms with Crippen LogP contribution in [-0.2, 0) is 4.74 Å². The second kappa shape index (κ2) is 7.02. The minimum atomic E-state index is -0.496. The molecule has 1 saturated heterocycles. The molecule has 6 heteroatoms. The van der Waals surface area contributed by atoms with E-state index in [4.69, 9.17) is 10.5 Å². The quantitative estimate of drug-likeness (QED) is 0.783. The predicted octanol–water partition coefficient (Wildman–Crippen LogP) is -0.153. The van der Waals surface area contributed by atoms with Crippen molar-refractivity contribution in [2.24, 2.45) is 5.73 Å². The van der Waals surface area contributed by atoms with Crippen LogP contribution in [0.5, 0.6) is 0 Å². The monoisotopic (exact) mass is 277 g/mol. The Labute approximate surface area is 117 Å². The molecule has 3 N–H and O–H groups in total. The van der Waals surface area contributed by atoms with E-state index in [0.717, 1.165) is 32.8 Å². The van der Waals surface area contributed by atoms with Gasteiger partial charge in [0.15, 0.2) is 0 Å². The Hall–Kier alpha value is -1.92. The zero-order valence-electron chi connectivity index (χ0n) is 11.3. The lowest BCUT2D eigenvalue weighted by Gasteiger charge is -2.26. The standard InChI is InChI=1S/C14H19N3O3/c15-13(18)11-1-3-12(4-2-11)14(19)16-5-6-17-7-9-20-10-8-17/h1-4H,5-10H2,(H2,15,18)(H,16,19). The second-order valence-corrected chi connectivity index (χ2v) is 4.65. The number of carbonyl (C=O) groups excluding carboxylic acids is 2.